The van der Waals surface area contributed by atoms with Gasteiger partial charge in [-0.05, 0) is 49.9 Å². The average Bonchev–Trinajstić information content (AvgIpc) is 3.08. The van der Waals surface area contributed by atoms with Gasteiger partial charge in [-0.1, -0.05) is 12.1 Å². The summed E-state index contributed by atoms with van der Waals surface area (Å²) < 4.78 is 14.7. The molecule has 7 heteroatoms. The summed E-state index contributed by atoms with van der Waals surface area (Å²) in [6.45, 7) is 2.95. The largest absolute Gasteiger partial charge is 0.356 e. The first-order valence-electron chi connectivity index (χ1n) is 9.56. The maximum Gasteiger partial charge on any atom is 0.163 e. The Bertz CT molecular complexity index is 883. The van der Waals surface area contributed by atoms with Crippen LogP contribution in [0.4, 0.5) is 10.2 Å². The van der Waals surface area contributed by atoms with E-state index in [0.717, 1.165) is 62.2 Å². The molecule has 2 aromatic heterocycles. The third-order valence-electron chi connectivity index (χ3n) is 5.29. The molecular weight excluding hydrogens is 343 g/mol. The van der Waals surface area contributed by atoms with Gasteiger partial charge >= 0.3 is 0 Å². The van der Waals surface area contributed by atoms with E-state index in [2.05, 4.69) is 25.3 Å². The van der Waals surface area contributed by atoms with E-state index >= 15 is 0 Å². The molecule has 4 rings (SSSR count). The molecule has 0 saturated carbocycles. The number of anilines is 1. The smallest absolute Gasteiger partial charge is 0.163 e. The fourth-order valence-electron chi connectivity index (χ4n) is 3.75. The number of halogens is 1. The summed E-state index contributed by atoms with van der Waals surface area (Å²) in [5.74, 6) is 0.818. The van der Waals surface area contributed by atoms with E-state index in [1.807, 2.05) is 25.4 Å². The lowest BCUT2D eigenvalue weighted by molar-refractivity contribution is 0.412. The molecule has 1 saturated heterocycles. The van der Waals surface area contributed by atoms with Crippen LogP contribution in [-0.2, 0) is 13.5 Å². The number of fused-ring (bicyclic) bond motifs is 1. The van der Waals surface area contributed by atoms with Gasteiger partial charge in [0.1, 0.15) is 18.0 Å². The molecule has 6 nitrogen and oxygen atoms in total. The van der Waals surface area contributed by atoms with Gasteiger partial charge in [-0.15, -0.1) is 0 Å². The molecule has 0 amide bonds. The Kier molecular flexibility index (Phi) is 5.29. The van der Waals surface area contributed by atoms with Crippen LogP contribution in [0, 0.1) is 5.82 Å². The number of aryl methyl sites for hydroxylation is 2. The highest BCUT2D eigenvalue weighted by molar-refractivity contribution is 5.86. The van der Waals surface area contributed by atoms with Gasteiger partial charge in [-0.3, -0.25) is 4.68 Å². The minimum absolute atomic E-state index is 0.170. The Morgan fingerprint density at radius 3 is 2.70 bits per heavy atom. The molecule has 1 aliphatic rings. The van der Waals surface area contributed by atoms with Crippen LogP contribution in [-0.4, -0.2) is 45.4 Å². The van der Waals surface area contributed by atoms with E-state index in [4.69, 9.17) is 0 Å². The molecule has 142 valence electrons. The van der Waals surface area contributed by atoms with Crippen molar-refractivity contribution in [3.05, 3.63) is 48.2 Å². The van der Waals surface area contributed by atoms with Crippen LogP contribution in [0.15, 0.2) is 36.8 Å². The van der Waals surface area contributed by atoms with Crippen LogP contribution in [0.5, 0.6) is 0 Å². The van der Waals surface area contributed by atoms with Crippen molar-refractivity contribution in [2.24, 2.45) is 7.05 Å². The van der Waals surface area contributed by atoms with Gasteiger partial charge in [0.2, 0.25) is 0 Å². The Labute approximate surface area is 158 Å². The summed E-state index contributed by atoms with van der Waals surface area (Å²) in [6.07, 6.45) is 7.72. The number of hydrogen-bond acceptors (Lipinski definition) is 5. The van der Waals surface area contributed by atoms with Crippen molar-refractivity contribution < 1.29 is 4.39 Å². The fraction of sp³-hybridized carbons (Fsp3) is 0.450. The summed E-state index contributed by atoms with van der Waals surface area (Å²) >= 11 is 0. The van der Waals surface area contributed by atoms with Crippen molar-refractivity contribution in [1.82, 2.24) is 25.1 Å². The van der Waals surface area contributed by atoms with E-state index in [0.29, 0.717) is 6.04 Å². The van der Waals surface area contributed by atoms with Crippen LogP contribution >= 0.6 is 0 Å². The molecule has 1 N–H and O–H groups in total. The monoisotopic (exact) mass is 368 g/mol. The Morgan fingerprint density at radius 2 is 1.93 bits per heavy atom. The van der Waals surface area contributed by atoms with E-state index in [9.17, 15) is 4.39 Å². The molecule has 0 atom stereocenters. The number of rotatable bonds is 6. The van der Waals surface area contributed by atoms with Crippen molar-refractivity contribution in [2.75, 3.05) is 24.5 Å². The topological polar surface area (TPSA) is 58.9 Å². The number of piperidine rings is 1. The van der Waals surface area contributed by atoms with Gasteiger partial charge in [0.05, 0.1) is 11.6 Å². The van der Waals surface area contributed by atoms with Crippen LogP contribution in [0.3, 0.4) is 0 Å². The Balaban J connectivity index is 1.24. The minimum Gasteiger partial charge on any atom is -0.356 e. The maximum absolute atomic E-state index is 12.9. The van der Waals surface area contributed by atoms with Gasteiger partial charge in [-0.2, -0.15) is 5.10 Å². The minimum atomic E-state index is -0.170. The molecule has 0 radical (unpaired) electrons. The molecule has 3 aromatic rings. The van der Waals surface area contributed by atoms with Gasteiger partial charge in [0.15, 0.2) is 5.65 Å². The number of hydrogen-bond donors (Lipinski definition) is 1. The van der Waals surface area contributed by atoms with Crippen molar-refractivity contribution in [1.29, 1.82) is 0 Å². The number of nitrogens with one attached hydrogen (secondary N) is 1. The second kappa shape index (κ2) is 8.00. The fourth-order valence-corrected chi connectivity index (χ4v) is 3.75. The number of aromatic nitrogens is 4. The van der Waals surface area contributed by atoms with E-state index in [-0.39, 0.29) is 5.82 Å². The normalized spacial score (nSPS) is 15.6. The molecule has 27 heavy (non-hydrogen) atoms. The van der Waals surface area contributed by atoms with E-state index < -0.39 is 0 Å². The zero-order chi connectivity index (χ0) is 18.6. The lowest BCUT2D eigenvalue weighted by Gasteiger charge is -2.33. The van der Waals surface area contributed by atoms with Crippen molar-refractivity contribution in [3.63, 3.8) is 0 Å². The number of nitrogens with zero attached hydrogens (tertiary/aromatic N) is 5. The molecule has 1 aliphatic heterocycles. The van der Waals surface area contributed by atoms with Gasteiger partial charge in [-0.25, -0.2) is 14.4 Å². The standard InChI is InChI=1S/C20H25FN6/c1-26-19-18(13-25-26)20(24-14-23-19)27-11-8-17(9-12-27)22-10-2-3-15-4-6-16(21)7-5-15/h4-7,13-14,17,22H,2-3,8-12H2,1H3. The third kappa shape index (κ3) is 4.08. The molecule has 1 aromatic carbocycles. The van der Waals surface area contributed by atoms with E-state index in [1.54, 1.807) is 11.0 Å². The zero-order valence-electron chi connectivity index (χ0n) is 15.6. The molecule has 3 heterocycles. The third-order valence-corrected chi connectivity index (χ3v) is 5.29. The first-order chi connectivity index (χ1) is 13.2. The van der Waals surface area contributed by atoms with Crippen LogP contribution in [0.2, 0.25) is 0 Å². The van der Waals surface area contributed by atoms with Crippen molar-refractivity contribution in [3.8, 4) is 0 Å². The summed E-state index contributed by atoms with van der Waals surface area (Å²) in [5, 5.41) is 8.99. The van der Waals surface area contributed by atoms with E-state index in [1.165, 1.54) is 17.7 Å². The summed E-state index contributed by atoms with van der Waals surface area (Å²) in [4.78, 5) is 11.2. The van der Waals surface area contributed by atoms with Crippen LogP contribution in [0.1, 0.15) is 24.8 Å². The van der Waals surface area contributed by atoms with Gasteiger partial charge in [0.25, 0.3) is 0 Å². The predicted octanol–water partition coefficient (Wildman–Crippen LogP) is 2.69. The predicted molar refractivity (Wildman–Crippen MR) is 104 cm³/mol. The lowest BCUT2D eigenvalue weighted by atomic mass is 10.0. The second-order valence-electron chi connectivity index (χ2n) is 7.15. The zero-order valence-corrected chi connectivity index (χ0v) is 15.6. The van der Waals surface area contributed by atoms with Gasteiger partial charge in [0, 0.05) is 26.2 Å². The highest BCUT2D eigenvalue weighted by Crippen LogP contribution is 2.25. The summed E-state index contributed by atoms with van der Waals surface area (Å²) in [6, 6.07) is 7.35. The molecule has 0 unspecified atom stereocenters. The molecule has 1 fully saturated rings. The molecule has 0 aliphatic carbocycles. The quantitative estimate of drug-likeness (QED) is 0.678. The highest BCUT2D eigenvalue weighted by Gasteiger charge is 2.22. The molecule has 0 bridgehead atoms. The maximum atomic E-state index is 12.9. The SMILES string of the molecule is Cn1ncc2c(N3CCC(NCCCc4ccc(F)cc4)CC3)ncnc21. The van der Waals surface area contributed by atoms with Gasteiger partial charge < -0.3 is 10.2 Å². The highest BCUT2D eigenvalue weighted by atomic mass is 19.1. The first kappa shape index (κ1) is 17.9. The first-order valence-corrected chi connectivity index (χ1v) is 9.56. The summed E-state index contributed by atoms with van der Waals surface area (Å²) in [7, 11) is 1.90. The van der Waals surface area contributed by atoms with Crippen LogP contribution in [0.25, 0.3) is 11.0 Å². The molecule has 0 spiro atoms. The second-order valence-corrected chi connectivity index (χ2v) is 7.15. The van der Waals surface area contributed by atoms with Crippen molar-refractivity contribution >= 4 is 16.9 Å². The summed E-state index contributed by atoms with van der Waals surface area (Å²) in [5.41, 5.74) is 2.07. The Morgan fingerprint density at radius 1 is 1.15 bits per heavy atom. The van der Waals surface area contributed by atoms with Crippen LogP contribution < -0.4 is 10.2 Å². The Hall–Kier alpha value is -2.54. The molecular formula is C20H25FN6. The number of benzene rings is 1. The lowest BCUT2D eigenvalue weighted by Crippen LogP contribution is -2.43. The average molecular weight is 368 g/mol. The van der Waals surface area contributed by atoms with Crippen molar-refractivity contribution in [2.45, 2.75) is 31.7 Å².